The van der Waals surface area contributed by atoms with E-state index in [1.54, 1.807) is 24.3 Å². The number of hydrogen-bond acceptors (Lipinski definition) is 5. The van der Waals surface area contributed by atoms with Crippen LogP contribution in [0.2, 0.25) is 0 Å². The summed E-state index contributed by atoms with van der Waals surface area (Å²) in [6.45, 7) is 1.50. The van der Waals surface area contributed by atoms with Gasteiger partial charge in [0.05, 0.1) is 18.9 Å². The molecular formula is C16H22N2O5S. The molecule has 132 valence electrons. The van der Waals surface area contributed by atoms with Crippen molar-refractivity contribution in [2.75, 3.05) is 33.0 Å². The van der Waals surface area contributed by atoms with Crippen LogP contribution in [0.4, 0.5) is 0 Å². The van der Waals surface area contributed by atoms with E-state index >= 15 is 0 Å². The SMILES string of the molecule is COC(=O)c1ccc(C(=O)NCC2CCN(S(C)(=O)=O)CC2)cc1. The Balaban J connectivity index is 1.82. The molecule has 1 heterocycles. The van der Waals surface area contributed by atoms with Gasteiger partial charge in [-0.05, 0) is 43.0 Å². The van der Waals surface area contributed by atoms with E-state index in [1.165, 1.54) is 17.7 Å². The first-order chi connectivity index (χ1) is 11.3. The van der Waals surface area contributed by atoms with Crippen molar-refractivity contribution in [3.8, 4) is 0 Å². The zero-order valence-corrected chi connectivity index (χ0v) is 14.6. The van der Waals surface area contributed by atoms with Gasteiger partial charge in [-0.1, -0.05) is 0 Å². The zero-order valence-electron chi connectivity index (χ0n) is 13.8. The van der Waals surface area contributed by atoms with Crippen LogP contribution in [-0.2, 0) is 14.8 Å². The first-order valence-corrected chi connectivity index (χ1v) is 9.58. The summed E-state index contributed by atoms with van der Waals surface area (Å²) in [5.74, 6) is -0.391. The van der Waals surface area contributed by atoms with Crippen molar-refractivity contribution < 1.29 is 22.7 Å². The Kier molecular flexibility index (Phi) is 5.95. The van der Waals surface area contributed by atoms with Gasteiger partial charge in [0.2, 0.25) is 10.0 Å². The molecule has 0 saturated carbocycles. The van der Waals surface area contributed by atoms with Gasteiger partial charge in [-0.2, -0.15) is 0 Å². The zero-order chi connectivity index (χ0) is 17.7. The van der Waals surface area contributed by atoms with E-state index in [0.717, 1.165) is 12.8 Å². The van der Waals surface area contributed by atoms with Crippen LogP contribution in [-0.4, -0.2) is 57.6 Å². The molecule has 1 fully saturated rings. The summed E-state index contributed by atoms with van der Waals surface area (Å²) in [6.07, 6.45) is 2.68. The minimum absolute atomic E-state index is 0.211. The molecule has 0 spiro atoms. The topological polar surface area (TPSA) is 92.8 Å². The van der Waals surface area contributed by atoms with E-state index in [9.17, 15) is 18.0 Å². The Bertz CT molecular complexity index is 692. The van der Waals surface area contributed by atoms with Crippen LogP contribution in [0.5, 0.6) is 0 Å². The van der Waals surface area contributed by atoms with E-state index in [0.29, 0.717) is 30.8 Å². The van der Waals surface area contributed by atoms with Crippen molar-refractivity contribution in [2.45, 2.75) is 12.8 Å². The number of esters is 1. The third-order valence-electron chi connectivity index (χ3n) is 4.16. The van der Waals surface area contributed by atoms with Gasteiger partial charge in [-0.3, -0.25) is 4.79 Å². The van der Waals surface area contributed by atoms with Gasteiger partial charge in [-0.15, -0.1) is 0 Å². The third-order valence-corrected chi connectivity index (χ3v) is 5.47. The van der Waals surface area contributed by atoms with Crippen LogP contribution in [0, 0.1) is 5.92 Å². The summed E-state index contributed by atoms with van der Waals surface area (Å²) >= 11 is 0. The maximum Gasteiger partial charge on any atom is 0.337 e. The lowest BCUT2D eigenvalue weighted by molar-refractivity contribution is 0.0600. The van der Waals surface area contributed by atoms with Crippen LogP contribution in [0.3, 0.4) is 0 Å². The second-order valence-electron chi connectivity index (χ2n) is 5.88. The second-order valence-corrected chi connectivity index (χ2v) is 7.87. The van der Waals surface area contributed by atoms with E-state index in [-0.39, 0.29) is 11.8 Å². The minimum atomic E-state index is -3.13. The fourth-order valence-corrected chi connectivity index (χ4v) is 3.53. The molecule has 0 atom stereocenters. The van der Waals surface area contributed by atoms with Crippen LogP contribution in [0.25, 0.3) is 0 Å². The van der Waals surface area contributed by atoms with E-state index < -0.39 is 16.0 Å². The maximum absolute atomic E-state index is 12.1. The number of nitrogens with zero attached hydrogens (tertiary/aromatic N) is 1. The molecule has 0 aromatic heterocycles. The maximum atomic E-state index is 12.1. The number of rotatable bonds is 5. The summed E-state index contributed by atoms with van der Waals surface area (Å²) in [4.78, 5) is 23.5. The molecule has 1 amide bonds. The molecular weight excluding hydrogens is 332 g/mol. The molecule has 0 radical (unpaired) electrons. The highest BCUT2D eigenvalue weighted by Gasteiger charge is 2.25. The Morgan fingerprint density at radius 3 is 2.21 bits per heavy atom. The number of amides is 1. The average Bonchev–Trinajstić information content (AvgIpc) is 2.58. The molecule has 0 unspecified atom stereocenters. The number of piperidine rings is 1. The lowest BCUT2D eigenvalue weighted by Crippen LogP contribution is -2.41. The Morgan fingerprint density at radius 1 is 1.17 bits per heavy atom. The highest BCUT2D eigenvalue weighted by atomic mass is 32.2. The molecule has 1 N–H and O–H groups in total. The summed E-state index contributed by atoms with van der Waals surface area (Å²) in [5.41, 5.74) is 0.860. The van der Waals surface area contributed by atoms with Crippen LogP contribution in [0.15, 0.2) is 24.3 Å². The van der Waals surface area contributed by atoms with E-state index in [1.807, 2.05) is 0 Å². The predicted octanol–water partition coefficient (Wildman–Crippen LogP) is 0.875. The smallest absolute Gasteiger partial charge is 0.337 e. The first-order valence-electron chi connectivity index (χ1n) is 7.73. The van der Waals surface area contributed by atoms with Gasteiger partial charge < -0.3 is 10.1 Å². The van der Waals surface area contributed by atoms with Crippen LogP contribution in [0.1, 0.15) is 33.6 Å². The molecule has 7 nitrogen and oxygen atoms in total. The first kappa shape index (κ1) is 18.4. The Morgan fingerprint density at radius 2 is 1.71 bits per heavy atom. The van der Waals surface area contributed by atoms with Crippen molar-refractivity contribution in [1.82, 2.24) is 9.62 Å². The van der Waals surface area contributed by atoms with Crippen LogP contribution >= 0.6 is 0 Å². The highest BCUT2D eigenvalue weighted by molar-refractivity contribution is 7.88. The number of methoxy groups -OCH3 is 1. The number of sulfonamides is 1. The number of nitrogens with one attached hydrogen (secondary N) is 1. The van der Waals surface area contributed by atoms with Crippen LogP contribution < -0.4 is 5.32 Å². The summed E-state index contributed by atoms with van der Waals surface area (Å²) < 4.78 is 29.0. The number of carbonyl (C=O) groups is 2. The molecule has 24 heavy (non-hydrogen) atoms. The quantitative estimate of drug-likeness (QED) is 0.792. The van der Waals surface area contributed by atoms with Gasteiger partial charge in [0.25, 0.3) is 5.91 Å². The lowest BCUT2D eigenvalue weighted by atomic mass is 9.98. The average molecular weight is 354 g/mol. The minimum Gasteiger partial charge on any atom is -0.465 e. The van der Waals surface area contributed by atoms with Gasteiger partial charge in [0.1, 0.15) is 0 Å². The lowest BCUT2D eigenvalue weighted by Gasteiger charge is -2.30. The molecule has 1 aliphatic heterocycles. The molecule has 2 rings (SSSR count). The Labute approximate surface area is 142 Å². The molecule has 1 aliphatic rings. The van der Waals surface area contributed by atoms with Crippen molar-refractivity contribution in [3.63, 3.8) is 0 Å². The van der Waals surface area contributed by atoms with Gasteiger partial charge in [0, 0.05) is 25.2 Å². The van der Waals surface area contributed by atoms with E-state index in [4.69, 9.17) is 0 Å². The highest BCUT2D eigenvalue weighted by Crippen LogP contribution is 2.18. The van der Waals surface area contributed by atoms with Gasteiger partial charge in [0.15, 0.2) is 0 Å². The normalized spacial score (nSPS) is 16.6. The number of hydrogen-bond donors (Lipinski definition) is 1. The van der Waals surface area contributed by atoms with E-state index in [2.05, 4.69) is 10.1 Å². The fraction of sp³-hybridized carbons (Fsp3) is 0.500. The third kappa shape index (κ3) is 4.78. The fourth-order valence-electron chi connectivity index (χ4n) is 2.66. The molecule has 0 aliphatic carbocycles. The monoisotopic (exact) mass is 354 g/mol. The van der Waals surface area contributed by atoms with Gasteiger partial charge >= 0.3 is 5.97 Å². The summed E-state index contributed by atoms with van der Waals surface area (Å²) in [5, 5.41) is 2.86. The largest absolute Gasteiger partial charge is 0.465 e. The second kappa shape index (κ2) is 7.76. The molecule has 1 aromatic rings. The number of carbonyl (C=O) groups excluding carboxylic acids is 2. The molecule has 8 heteroatoms. The predicted molar refractivity (Wildman–Crippen MR) is 89.3 cm³/mol. The molecule has 1 aromatic carbocycles. The van der Waals surface area contributed by atoms with Gasteiger partial charge in [-0.25, -0.2) is 17.5 Å². The van der Waals surface area contributed by atoms with Crippen molar-refractivity contribution in [3.05, 3.63) is 35.4 Å². The Hall–Kier alpha value is -1.93. The summed E-state index contributed by atoms with van der Waals surface area (Å²) in [6, 6.07) is 6.25. The van der Waals surface area contributed by atoms with Crippen molar-refractivity contribution in [2.24, 2.45) is 5.92 Å². The molecule has 0 bridgehead atoms. The van der Waals surface area contributed by atoms with Crippen molar-refractivity contribution in [1.29, 1.82) is 0 Å². The molecule has 1 saturated heterocycles. The number of benzene rings is 1. The standard InChI is InChI=1S/C16H22N2O5S/c1-23-16(20)14-5-3-13(4-6-14)15(19)17-11-12-7-9-18(10-8-12)24(2,21)22/h3-6,12H,7-11H2,1-2H3,(H,17,19). The summed E-state index contributed by atoms with van der Waals surface area (Å²) in [7, 11) is -1.83. The number of ether oxygens (including phenoxy) is 1. The van der Waals surface area contributed by atoms with Crippen molar-refractivity contribution >= 4 is 21.9 Å².